The van der Waals surface area contributed by atoms with Gasteiger partial charge in [0.1, 0.15) is 11.3 Å². The summed E-state index contributed by atoms with van der Waals surface area (Å²) < 4.78 is 1.51. The molecule has 0 saturated carbocycles. The van der Waals surface area contributed by atoms with E-state index in [-0.39, 0.29) is 16.8 Å². The van der Waals surface area contributed by atoms with Gasteiger partial charge in [0.25, 0.3) is 11.8 Å². The first-order valence-corrected chi connectivity index (χ1v) is 6.79. The van der Waals surface area contributed by atoms with Crippen molar-refractivity contribution in [1.82, 2.24) is 14.4 Å². The summed E-state index contributed by atoms with van der Waals surface area (Å²) in [4.78, 5) is 45.8. The van der Waals surface area contributed by atoms with Crippen molar-refractivity contribution in [2.45, 2.75) is 0 Å². The lowest BCUT2D eigenvalue weighted by Gasteiger charge is -2.13. The molecule has 0 radical (unpaired) electrons. The average Bonchev–Trinajstić information content (AvgIpc) is 3.14. The van der Waals surface area contributed by atoms with Crippen LogP contribution in [0.15, 0.2) is 54.9 Å². The number of imide groups is 1. The van der Waals surface area contributed by atoms with Gasteiger partial charge in [-0.2, -0.15) is 0 Å². The summed E-state index contributed by atoms with van der Waals surface area (Å²) in [5, 5.41) is 0.489. The van der Waals surface area contributed by atoms with E-state index in [0.29, 0.717) is 10.7 Å². The smallest absolute Gasteiger partial charge is 0.323 e. The Bertz CT molecular complexity index is 941. The lowest BCUT2D eigenvalue weighted by atomic mass is 10.1. The van der Waals surface area contributed by atoms with E-state index in [0.717, 1.165) is 0 Å². The standard InChI is InChI=1S/C16H9N3O4/c20-14-10-4-1-2-5-11(10)15(21)19(14)23-16(22)12-6-3-7-13-17-8-9-18(12)13/h1-9H. The van der Waals surface area contributed by atoms with Gasteiger partial charge in [0.15, 0.2) is 0 Å². The summed E-state index contributed by atoms with van der Waals surface area (Å²) in [6, 6.07) is 11.2. The predicted octanol–water partition coefficient (Wildman–Crippen LogP) is 1.70. The summed E-state index contributed by atoms with van der Waals surface area (Å²) in [6.45, 7) is 0. The summed E-state index contributed by atoms with van der Waals surface area (Å²) in [5.74, 6) is -2.13. The van der Waals surface area contributed by atoms with Gasteiger partial charge in [0.05, 0.1) is 11.1 Å². The van der Waals surface area contributed by atoms with E-state index in [4.69, 9.17) is 4.84 Å². The number of aromatic nitrogens is 2. The minimum atomic E-state index is -0.817. The maximum atomic E-state index is 12.3. The number of hydrogen-bond acceptors (Lipinski definition) is 5. The van der Waals surface area contributed by atoms with Crippen LogP contribution in [-0.4, -0.2) is 32.2 Å². The SMILES string of the molecule is O=C(ON1C(=O)c2ccccc2C1=O)c1cccc2nccn12. The second-order valence-corrected chi connectivity index (χ2v) is 4.90. The number of fused-ring (bicyclic) bond motifs is 2. The molecule has 1 aromatic carbocycles. The van der Waals surface area contributed by atoms with E-state index in [1.54, 1.807) is 30.5 Å². The highest BCUT2D eigenvalue weighted by Crippen LogP contribution is 2.23. The third kappa shape index (κ3) is 1.90. The van der Waals surface area contributed by atoms with Crippen molar-refractivity contribution in [2.75, 3.05) is 0 Å². The van der Waals surface area contributed by atoms with Gasteiger partial charge in [-0.05, 0) is 24.3 Å². The van der Waals surface area contributed by atoms with Crippen LogP contribution in [0, 0.1) is 0 Å². The fraction of sp³-hybridized carbons (Fsp3) is 0. The Morgan fingerprint density at radius 1 is 0.957 bits per heavy atom. The Balaban J connectivity index is 1.67. The van der Waals surface area contributed by atoms with Gasteiger partial charge >= 0.3 is 5.97 Å². The summed E-state index contributed by atoms with van der Waals surface area (Å²) in [5.41, 5.74) is 1.15. The van der Waals surface area contributed by atoms with Crippen LogP contribution in [0.5, 0.6) is 0 Å². The molecule has 0 bridgehead atoms. The molecule has 0 fully saturated rings. The van der Waals surface area contributed by atoms with Crippen LogP contribution in [-0.2, 0) is 4.84 Å². The number of carbonyl (C=O) groups is 3. The zero-order chi connectivity index (χ0) is 16.0. The molecule has 0 spiro atoms. The third-order valence-corrected chi connectivity index (χ3v) is 3.57. The summed E-state index contributed by atoms with van der Waals surface area (Å²) in [6.07, 6.45) is 3.13. The zero-order valence-corrected chi connectivity index (χ0v) is 11.7. The highest BCUT2D eigenvalue weighted by Gasteiger charge is 2.39. The molecule has 7 nitrogen and oxygen atoms in total. The first-order valence-electron chi connectivity index (χ1n) is 6.79. The first-order chi connectivity index (χ1) is 11.2. The summed E-state index contributed by atoms with van der Waals surface area (Å²) in [7, 11) is 0. The molecule has 0 saturated heterocycles. The molecule has 23 heavy (non-hydrogen) atoms. The zero-order valence-electron chi connectivity index (χ0n) is 11.7. The number of imidazole rings is 1. The lowest BCUT2D eigenvalue weighted by molar-refractivity contribution is -0.0589. The van der Waals surface area contributed by atoms with Crippen molar-refractivity contribution >= 4 is 23.4 Å². The molecule has 0 N–H and O–H groups in total. The van der Waals surface area contributed by atoms with Crippen molar-refractivity contribution in [3.63, 3.8) is 0 Å². The van der Waals surface area contributed by atoms with Gasteiger partial charge in [-0.15, -0.1) is 0 Å². The van der Waals surface area contributed by atoms with Crippen molar-refractivity contribution in [3.05, 3.63) is 71.7 Å². The topological polar surface area (TPSA) is 81.0 Å². The van der Waals surface area contributed by atoms with Crippen molar-refractivity contribution < 1.29 is 19.2 Å². The first kappa shape index (κ1) is 13.2. The molecule has 0 aliphatic carbocycles. The maximum absolute atomic E-state index is 12.3. The average molecular weight is 307 g/mol. The van der Waals surface area contributed by atoms with Crippen LogP contribution in [0.4, 0.5) is 0 Å². The van der Waals surface area contributed by atoms with Crippen molar-refractivity contribution in [2.24, 2.45) is 0 Å². The quantitative estimate of drug-likeness (QED) is 0.673. The Labute approximate surface area is 129 Å². The number of hydrogen-bond donors (Lipinski definition) is 0. The van der Waals surface area contributed by atoms with Crippen molar-refractivity contribution in [1.29, 1.82) is 0 Å². The van der Waals surface area contributed by atoms with Gasteiger partial charge in [-0.1, -0.05) is 23.3 Å². The largest absolute Gasteiger partial charge is 0.380 e. The number of carbonyl (C=O) groups excluding carboxylic acids is 3. The number of rotatable bonds is 2. The van der Waals surface area contributed by atoms with E-state index < -0.39 is 17.8 Å². The highest BCUT2D eigenvalue weighted by molar-refractivity contribution is 6.21. The third-order valence-electron chi connectivity index (χ3n) is 3.57. The van der Waals surface area contributed by atoms with Crippen molar-refractivity contribution in [3.8, 4) is 0 Å². The molecule has 2 aromatic heterocycles. The molecule has 112 valence electrons. The predicted molar refractivity (Wildman–Crippen MR) is 77.5 cm³/mol. The molecule has 0 atom stereocenters. The fourth-order valence-electron chi connectivity index (χ4n) is 2.49. The lowest BCUT2D eigenvalue weighted by Crippen LogP contribution is -2.33. The number of pyridine rings is 1. The number of amides is 2. The van der Waals surface area contributed by atoms with Crippen LogP contribution in [0.3, 0.4) is 0 Å². The van der Waals surface area contributed by atoms with Crippen LogP contribution < -0.4 is 0 Å². The summed E-state index contributed by atoms with van der Waals surface area (Å²) >= 11 is 0. The molecule has 1 aliphatic rings. The molecule has 2 amide bonds. The molecule has 7 heteroatoms. The number of nitrogens with zero attached hydrogens (tertiary/aromatic N) is 3. The molecule has 3 heterocycles. The Morgan fingerprint density at radius 2 is 1.65 bits per heavy atom. The number of benzene rings is 1. The normalized spacial score (nSPS) is 13.5. The van der Waals surface area contributed by atoms with Crippen LogP contribution in [0.25, 0.3) is 5.65 Å². The Kier molecular flexibility index (Phi) is 2.74. The van der Waals surface area contributed by atoms with Crippen LogP contribution in [0.1, 0.15) is 31.2 Å². The monoisotopic (exact) mass is 307 g/mol. The van der Waals surface area contributed by atoms with E-state index >= 15 is 0 Å². The van der Waals surface area contributed by atoms with Gasteiger partial charge in [-0.25, -0.2) is 9.78 Å². The van der Waals surface area contributed by atoms with Crippen LogP contribution in [0.2, 0.25) is 0 Å². The molecule has 4 rings (SSSR count). The molecule has 1 aliphatic heterocycles. The fourth-order valence-corrected chi connectivity index (χ4v) is 2.49. The number of hydroxylamine groups is 2. The maximum Gasteiger partial charge on any atom is 0.380 e. The molecule has 3 aromatic rings. The second-order valence-electron chi connectivity index (χ2n) is 4.90. The molecule has 0 unspecified atom stereocenters. The van der Waals surface area contributed by atoms with Crippen LogP contribution >= 0.6 is 0 Å². The Morgan fingerprint density at radius 3 is 2.35 bits per heavy atom. The molecular weight excluding hydrogens is 298 g/mol. The Hall–Kier alpha value is -3.48. The minimum absolute atomic E-state index is 0.163. The van der Waals surface area contributed by atoms with E-state index in [1.807, 2.05) is 0 Å². The van der Waals surface area contributed by atoms with E-state index in [1.165, 1.54) is 28.8 Å². The second kappa shape index (κ2) is 4.77. The van der Waals surface area contributed by atoms with E-state index in [9.17, 15) is 14.4 Å². The van der Waals surface area contributed by atoms with Gasteiger partial charge in [0, 0.05) is 12.4 Å². The highest BCUT2D eigenvalue weighted by atomic mass is 16.7. The minimum Gasteiger partial charge on any atom is -0.323 e. The van der Waals surface area contributed by atoms with Gasteiger partial charge < -0.3 is 4.84 Å². The van der Waals surface area contributed by atoms with E-state index in [2.05, 4.69) is 4.98 Å². The van der Waals surface area contributed by atoms with Gasteiger partial charge in [0.2, 0.25) is 0 Å². The van der Waals surface area contributed by atoms with Gasteiger partial charge in [-0.3, -0.25) is 14.0 Å². The molecular formula is C16H9N3O4.